The summed E-state index contributed by atoms with van der Waals surface area (Å²) in [5, 5.41) is 20.4. The third kappa shape index (κ3) is 5.56. The first-order valence-corrected chi connectivity index (χ1v) is 4.90. The van der Waals surface area contributed by atoms with Crippen LogP contribution in [-0.4, -0.2) is 22.0 Å². The summed E-state index contributed by atoms with van der Waals surface area (Å²) in [7, 11) is 0. The minimum absolute atomic E-state index is 0.128. The molecular formula is C10H19NO3. The van der Waals surface area contributed by atoms with E-state index in [4.69, 9.17) is 10.3 Å². The molecular weight excluding hydrogens is 182 g/mol. The molecule has 0 bridgehead atoms. The van der Waals surface area contributed by atoms with Crippen LogP contribution in [0, 0.1) is 11.8 Å². The first-order chi connectivity index (χ1) is 6.47. The van der Waals surface area contributed by atoms with Gasteiger partial charge in [0.1, 0.15) is 0 Å². The lowest BCUT2D eigenvalue weighted by Gasteiger charge is -2.11. The number of oxime groups is 1. The Kier molecular flexibility index (Phi) is 5.92. The minimum atomic E-state index is -0.774. The Balaban J connectivity index is 3.86. The Morgan fingerprint density at radius 3 is 2.29 bits per heavy atom. The van der Waals surface area contributed by atoms with Crippen molar-refractivity contribution in [2.24, 2.45) is 17.0 Å². The van der Waals surface area contributed by atoms with Gasteiger partial charge in [-0.05, 0) is 24.7 Å². The largest absolute Gasteiger partial charge is 0.481 e. The highest BCUT2D eigenvalue weighted by Crippen LogP contribution is 2.13. The topological polar surface area (TPSA) is 69.9 Å². The normalized spacial score (nSPS) is 14.4. The maximum atomic E-state index is 10.4. The van der Waals surface area contributed by atoms with Crippen LogP contribution in [0.15, 0.2) is 5.16 Å². The second-order valence-electron chi connectivity index (χ2n) is 3.99. The molecule has 0 rings (SSSR count). The zero-order valence-corrected chi connectivity index (χ0v) is 9.03. The van der Waals surface area contributed by atoms with E-state index in [1.54, 1.807) is 0 Å². The van der Waals surface area contributed by atoms with Gasteiger partial charge in [-0.1, -0.05) is 25.9 Å². The van der Waals surface area contributed by atoms with Crippen molar-refractivity contribution in [3.63, 3.8) is 0 Å². The van der Waals surface area contributed by atoms with Crippen molar-refractivity contribution < 1.29 is 15.1 Å². The molecule has 4 heteroatoms. The van der Waals surface area contributed by atoms with Crippen LogP contribution in [0.1, 0.15) is 40.0 Å². The number of carboxylic acid groups (broad SMARTS) is 1. The van der Waals surface area contributed by atoms with Gasteiger partial charge in [0.25, 0.3) is 0 Å². The summed E-state index contributed by atoms with van der Waals surface area (Å²) in [5.74, 6) is -0.426. The van der Waals surface area contributed by atoms with E-state index in [0.717, 1.165) is 12.1 Å². The van der Waals surface area contributed by atoms with E-state index in [1.165, 1.54) is 0 Å². The number of nitrogens with zero attached hydrogens (tertiary/aromatic N) is 1. The van der Waals surface area contributed by atoms with Crippen molar-refractivity contribution in [2.75, 3.05) is 0 Å². The first-order valence-electron chi connectivity index (χ1n) is 4.90. The summed E-state index contributed by atoms with van der Waals surface area (Å²) < 4.78 is 0. The average Bonchev–Trinajstić information content (AvgIpc) is 2.03. The maximum absolute atomic E-state index is 10.4. The van der Waals surface area contributed by atoms with E-state index < -0.39 is 5.97 Å². The fourth-order valence-electron chi connectivity index (χ4n) is 1.25. The van der Waals surface area contributed by atoms with Crippen molar-refractivity contribution in [1.29, 1.82) is 0 Å². The van der Waals surface area contributed by atoms with Crippen LogP contribution in [0.5, 0.6) is 0 Å². The Morgan fingerprint density at radius 1 is 1.36 bits per heavy atom. The standard InChI is InChI=1S/C10H19NO3/c1-7(2)9(11-14)5-4-8(3)6-10(12)13/h7-8,14H,4-6H2,1-3H3,(H,12,13). The van der Waals surface area contributed by atoms with E-state index in [1.807, 2.05) is 20.8 Å². The lowest BCUT2D eigenvalue weighted by molar-refractivity contribution is -0.138. The molecule has 0 radical (unpaired) electrons. The van der Waals surface area contributed by atoms with Crippen LogP contribution in [0.2, 0.25) is 0 Å². The van der Waals surface area contributed by atoms with Crippen molar-refractivity contribution in [3.8, 4) is 0 Å². The number of hydrogen-bond acceptors (Lipinski definition) is 3. The average molecular weight is 201 g/mol. The molecule has 82 valence electrons. The third-order valence-electron chi connectivity index (χ3n) is 2.21. The van der Waals surface area contributed by atoms with Crippen LogP contribution in [-0.2, 0) is 4.79 Å². The number of aliphatic carboxylic acids is 1. The fraction of sp³-hybridized carbons (Fsp3) is 0.800. The predicted molar refractivity (Wildman–Crippen MR) is 54.7 cm³/mol. The Morgan fingerprint density at radius 2 is 1.93 bits per heavy atom. The zero-order chi connectivity index (χ0) is 11.1. The molecule has 4 nitrogen and oxygen atoms in total. The van der Waals surface area contributed by atoms with Gasteiger partial charge in [0.2, 0.25) is 0 Å². The monoisotopic (exact) mass is 201 g/mol. The molecule has 0 aliphatic carbocycles. The Labute approximate surface area is 84.6 Å². The molecule has 14 heavy (non-hydrogen) atoms. The summed E-state index contributed by atoms with van der Waals surface area (Å²) in [6, 6.07) is 0. The van der Waals surface area contributed by atoms with Crippen LogP contribution in [0.25, 0.3) is 0 Å². The zero-order valence-electron chi connectivity index (χ0n) is 9.03. The molecule has 0 fully saturated rings. The van der Waals surface area contributed by atoms with Gasteiger partial charge in [0.15, 0.2) is 0 Å². The minimum Gasteiger partial charge on any atom is -0.481 e. The molecule has 0 aliphatic rings. The van der Waals surface area contributed by atoms with Gasteiger partial charge in [-0.25, -0.2) is 0 Å². The van der Waals surface area contributed by atoms with Gasteiger partial charge < -0.3 is 10.3 Å². The van der Waals surface area contributed by atoms with Crippen molar-refractivity contribution >= 4 is 11.7 Å². The number of carboxylic acids is 1. The second kappa shape index (κ2) is 6.40. The van der Waals surface area contributed by atoms with Crippen LogP contribution in [0.3, 0.4) is 0 Å². The number of rotatable bonds is 6. The lowest BCUT2D eigenvalue weighted by Crippen LogP contribution is -2.11. The molecule has 0 aromatic rings. The Hall–Kier alpha value is -1.06. The molecule has 2 N–H and O–H groups in total. The molecule has 0 amide bonds. The van der Waals surface area contributed by atoms with E-state index >= 15 is 0 Å². The first kappa shape index (κ1) is 12.9. The molecule has 1 unspecified atom stereocenters. The molecule has 0 heterocycles. The SMILES string of the molecule is CC(CCC(=NO)C(C)C)CC(=O)O. The second-order valence-corrected chi connectivity index (χ2v) is 3.99. The summed E-state index contributed by atoms with van der Waals surface area (Å²) in [6.45, 7) is 5.80. The summed E-state index contributed by atoms with van der Waals surface area (Å²) >= 11 is 0. The molecule has 0 spiro atoms. The quantitative estimate of drug-likeness (QED) is 0.393. The summed E-state index contributed by atoms with van der Waals surface area (Å²) in [4.78, 5) is 10.4. The van der Waals surface area contributed by atoms with Gasteiger partial charge >= 0.3 is 5.97 Å². The molecule has 1 atom stereocenters. The van der Waals surface area contributed by atoms with Crippen LogP contribution >= 0.6 is 0 Å². The van der Waals surface area contributed by atoms with E-state index in [-0.39, 0.29) is 18.3 Å². The molecule has 0 saturated heterocycles. The van der Waals surface area contributed by atoms with Crippen molar-refractivity contribution in [3.05, 3.63) is 0 Å². The predicted octanol–water partition coefficient (Wildman–Crippen LogP) is 2.36. The van der Waals surface area contributed by atoms with Gasteiger partial charge in [0.05, 0.1) is 5.71 Å². The highest BCUT2D eigenvalue weighted by Gasteiger charge is 2.11. The smallest absolute Gasteiger partial charge is 0.303 e. The van der Waals surface area contributed by atoms with E-state index in [2.05, 4.69) is 5.16 Å². The van der Waals surface area contributed by atoms with Crippen molar-refractivity contribution in [1.82, 2.24) is 0 Å². The van der Waals surface area contributed by atoms with Crippen LogP contribution < -0.4 is 0 Å². The van der Waals surface area contributed by atoms with Crippen molar-refractivity contribution in [2.45, 2.75) is 40.0 Å². The summed E-state index contributed by atoms with van der Waals surface area (Å²) in [6.07, 6.45) is 1.60. The summed E-state index contributed by atoms with van der Waals surface area (Å²) in [5.41, 5.74) is 0.738. The molecule has 0 aromatic carbocycles. The molecule has 0 aliphatic heterocycles. The van der Waals surface area contributed by atoms with Gasteiger partial charge in [0, 0.05) is 6.42 Å². The van der Waals surface area contributed by atoms with Gasteiger partial charge in [-0.2, -0.15) is 0 Å². The third-order valence-corrected chi connectivity index (χ3v) is 2.21. The van der Waals surface area contributed by atoms with E-state index in [9.17, 15) is 4.79 Å². The highest BCUT2D eigenvalue weighted by atomic mass is 16.4. The highest BCUT2D eigenvalue weighted by molar-refractivity contribution is 5.85. The van der Waals surface area contributed by atoms with Gasteiger partial charge in [-0.15, -0.1) is 0 Å². The Bertz CT molecular complexity index is 211. The molecule has 0 aromatic heterocycles. The number of hydrogen-bond donors (Lipinski definition) is 2. The van der Waals surface area contributed by atoms with Crippen LogP contribution in [0.4, 0.5) is 0 Å². The fourth-order valence-corrected chi connectivity index (χ4v) is 1.25. The lowest BCUT2D eigenvalue weighted by atomic mass is 9.96. The maximum Gasteiger partial charge on any atom is 0.303 e. The van der Waals surface area contributed by atoms with E-state index in [0.29, 0.717) is 6.42 Å². The van der Waals surface area contributed by atoms with Gasteiger partial charge in [-0.3, -0.25) is 4.79 Å². The number of carbonyl (C=O) groups is 1. The molecule has 0 saturated carbocycles.